The summed E-state index contributed by atoms with van der Waals surface area (Å²) in [5.41, 5.74) is 0. The van der Waals surface area contributed by atoms with Crippen molar-refractivity contribution >= 4 is 19.8 Å². The third-order valence-electron chi connectivity index (χ3n) is 4.77. The molecule has 0 heterocycles. The molecule has 2 fully saturated rings. The first-order chi connectivity index (χ1) is 10.6. The van der Waals surface area contributed by atoms with Crippen LogP contribution in [0.15, 0.2) is 0 Å². The minimum atomic E-state index is -2.04. The molecule has 22 heavy (non-hydrogen) atoms. The summed E-state index contributed by atoms with van der Waals surface area (Å²) in [4.78, 5) is 22.3. The molecule has 2 aliphatic carbocycles. The molecular formula is C16H26O5P+. The maximum absolute atomic E-state index is 11.6. The SMILES string of the molecule is O=C1CCC(CCO[P+](=O)OCCC2CCC(=O)CC2)CC1. The fraction of sp³-hybridized carbons (Fsp3) is 0.875. The van der Waals surface area contributed by atoms with Crippen LogP contribution < -0.4 is 0 Å². The van der Waals surface area contributed by atoms with Gasteiger partial charge in [0.05, 0.1) is 0 Å². The Morgan fingerprint density at radius 1 is 0.773 bits per heavy atom. The van der Waals surface area contributed by atoms with Crippen molar-refractivity contribution in [2.45, 2.75) is 64.2 Å². The molecule has 0 N–H and O–H groups in total. The number of carbonyl (C=O) groups is 2. The molecule has 0 saturated heterocycles. The number of carbonyl (C=O) groups excluding carboxylic acids is 2. The van der Waals surface area contributed by atoms with E-state index in [-0.39, 0.29) is 0 Å². The van der Waals surface area contributed by atoms with Gasteiger partial charge in [0.2, 0.25) is 0 Å². The van der Waals surface area contributed by atoms with E-state index in [2.05, 4.69) is 0 Å². The van der Waals surface area contributed by atoms with Crippen LogP contribution in [-0.2, 0) is 23.2 Å². The van der Waals surface area contributed by atoms with Crippen LogP contribution in [0.2, 0.25) is 0 Å². The number of hydrogen-bond acceptors (Lipinski definition) is 5. The quantitative estimate of drug-likeness (QED) is 0.630. The second-order valence-corrected chi connectivity index (χ2v) is 7.40. The molecule has 0 aromatic heterocycles. The van der Waals surface area contributed by atoms with Crippen molar-refractivity contribution in [3.05, 3.63) is 0 Å². The summed E-state index contributed by atoms with van der Waals surface area (Å²) in [5, 5.41) is 0. The van der Waals surface area contributed by atoms with Crippen molar-refractivity contribution in [3.8, 4) is 0 Å². The predicted octanol–water partition coefficient (Wildman–Crippen LogP) is 3.98. The molecular weight excluding hydrogens is 303 g/mol. The van der Waals surface area contributed by atoms with Gasteiger partial charge in [0.15, 0.2) is 0 Å². The first-order valence-electron chi connectivity index (χ1n) is 8.40. The largest absolute Gasteiger partial charge is 0.697 e. The topological polar surface area (TPSA) is 69.7 Å². The zero-order valence-corrected chi connectivity index (χ0v) is 14.0. The molecule has 0 aliphatic heterocycles. The summed E-state index contributed by atoms with van der Waals surface area (Å²) in [7, 11) is -2.04. The van der Waals surface area contributed by atoms with Gasteiger partial charge >= 0.3 is 8.25 Å². The highest BCUT2D eigenvalue weighted by atomic mass is 31.1. The van der Waals surface area contributed by atoms with Gasteiger partial charge in [-0.1, -0.05) is 0 Å². The molecule has 124 valence electrons. The van der Waals surface area contributed by atoms with Gasteiger partial charge in [0, 0.05) is 30.2 Å². The smallest absolute Gasteiger partial charge is 0.300 e. The number of ketones is 2. The van der Waals surface area contributed by atoms with E-state index >= 15 is 0 Å². The molecule has 0 amide bonds. The fourth-order valence-corrected chi connectivity index (χ4v) is 3.79. The molecule has 6 heteroatoms. The summed E-state index contributed by atoms with van der Waals surface area (Å²) < 4.78 is 22.1. The molecule has 0 aromatic carbocycles. The normalized spacial score (nSPS) is 21.3. The van der Waals surface area contributed by atoms with Crippen molar-refractivity contribution in [3.63, 3.8) is 0 Å². The maximum atomic E-state index is 11.6. The number of rotatable bonds is 8. The van der Waals surface area contributed by atoms with E-state index in [0.717, 1.165) is 38.5 Å². The Kier molecular flexibility index (Phi) is 7.64. The van der Waals surface area contributed by atoms with Crippen LogP contribution in [0.3, 0.4) is 0 Å². The van der Waals surface area contributed by atoms with E-state index in [9.17, 15) is 14.2 Å². The Bertz CT molecular complexity index is 353. The molecule has 0 radical (unpaired) electrons. The minimum absolute atomic E-state index is 0.357. The summed E-state index contributed by atoms with van der Waals surface area (Å²) in [6.45, 7) is 0.873. The van der Waals surface area contributed by atoms with E-state index in [1.807, 2.05) is 0 Å². The number of hydrogen-bond donors (Lipinski definition) is 0. The third kappa shape index (κ3) is 6.64. The van der Waals surface area contributed by atoms with E-state index in [1.165, 1.54) is 0 Å². The number of Topliss-reactive ketones (excluding diaryl/α,β-unsaturated/α-hetero) is 2. The second-order valence-electron chi connectivity index (χ2n) is 6.43. The van der Waals surface area contributed by atoms with Crippen molar-refractivity contribution in [2.24, 2.45) is 11.8 Å². The lowest BCUT2D eigenvalue weighted by atomic mass is 9.86. The zero-order valence-electron chi connectivity index (χ0n) is 13.1. The van der Waals surface area contributed by atoms with E-state index < -0.39 is 8.25 Å². The molecule has 2 rings (SSSR count). The molecule has 0 bridgehead atoms. The van der Waals surface area contributed by atoms with Gasteiger partial charge in [-0.25, -0.2) is 0 Å². The molecule has 2 saturated carbocycles. The average molecular weight is 329 g/mol. The molecule has 0 atom stereocenters. The fourth-order valence-electron chi connectivity index (χ4n) is 3.20. The highest BCUT2D eigenvalue weighted by Gasteiger charge is 2.25. The molecule has 0 unspecified atom stereocenters. The Morgan fingerprint density at radius 3 is 1.50 bits per heavy atom. The van der Waals surface area contributed by atoms with Crippen LogP contribution in [0.1, 0.15) is 64.2 Å². The van der Waals surface area contributed by atoms with Crippen molar-refractivity contribution in [1.29, 1.82) is 0 Å². The second kappa shape index (κ2) is 9.49. The molecule has 0 spiro atoms. The first-order valence-corrected chi connectivity index (χ1v) is 9.49. The summed E-state index contributed by atoms with van der Waals surface area (Å²) in [6.07, 6.45) is 8.13. The van der Waals surface area contributed by atoms with Gasteiger partial charge in [-0.2, -0.15) is 0 Å². The molecule has 5 nitrogen and oxygen atoms in total. The highest BCUT2D eigenvalue weighted by Crippen LogP contribution is 2.30. The maximum Gasteiger partial charge on any atom is 0.697 e. The Hall–Kier alpha value is -0.640. The third-order valence-corrected chi connectivity index (χ3v) is 5.56. The first kappa shape index (κ1) is 17.7. The van der Waals surface area contributed by atoms with Crippen LogP contribution in [-0.4, -0.2) is 24.8 Å². The van der Waals surface area contributed by atoms with Gasteiger partial charge < -0.3 is 0 Å². The van der Waals surface area contributed by atoms with Crippen LogP contribution in [0.5, 0.6) is 0 Å². The lowest BCUT2D eigenvalue weighted by Crippen LogP contribution is -2.15. The minimum Gasteiger partial charge on any atom is -0.300 e. The van der Waals surface area contributed by atoms with Gasteiger partial charge in [0.25, 0.3) is 0 Å². The Balaban J connectivity index is 1.47. The Labute approximate surface area is 133 Å². The van der Waals surface area contributed by atoms with Crippen LogP contribution >= 0.6 is 8.25 Å². The summed E-state index contributed by atoms with van der Waals surface area (Å²) in [5.74, 6) is 1.74. The monoisotopic (exact) mass is 329 g/mol. The van der Waals surface area contributed by atoms with Crippen LogP contribution in [0.4, 0.5) is 0 Å². The lowest BCUT2D eigenvalue weighted by Gasteiger charge is -2.19. The predicted molar refractivity (Wildman–Crippen MR) is 82.7 cm³/mol. The van der Waals surface area contributed by atoms with Crippen LogP contribution in [0, 0.1) is 11.8 Å². The standard InChI is InChI=1S/C16H26O5P/c17-15-5-1-13(2-6-15)9-11-20-22(19)21-12-10-14-3-7-16(18)8-4-14/h13-14H,1-12H2/q+1. The van der Waals surface area contributed by atoms with Crippen molar-refractivity contribution < 1.29 is 23.2 Å². The van der Waals surface area contributed by atoms with E-state index in [0.29, 0.717) is 62.3 Å². The van der Waals surface area contributed by atoms with E-state index in [1.54, 1.807) is 0 Å². The van der Waals surface area contributed by atoms with Crippen LogP contribution in [0.25, 0.3) is 0 Å². The zero-order chi connectivity index (χ0) is 15.8. The van der Waals surface area contributed by atoms with Gasteiger partial charge in [0.1, 0.15) is 24.8 Å². The van der Waals surface area contributed by atoms with Gasteiger partial charge in [-0.3, -0.25) is 9.59 Å². The van der Waals surface area contributed by atoms with Gasteiger partial charge in [-0.15, -0.1) is 9.05 Å². The Morgan fingerprint density at radius 2 is 1.14 bits per heavy atom. The lowest BCUT2D eigenvalue weighted by molar-refractivity contribution is -0.121. The summed E-state index contributed by atoms with van der Waals surface area (Å²) >= 11 is 0. The van der Waals surface area contributed by atoms with E-state index in [4.69, 9.17) is 9.05 Å². The van der Waals surface area contributed by atoms with Gasteiger partial charge in [-0.05, 0) is 50.4 Å². The molecule has 2 aliphatic rings. The van der Waals surface area contributed by atoms with Crippen molar-refractivity contribution in [2.75, 3.05) is 13.2 Å². The molecule has 0 aromatic rings. The van der Waals surface area contributed by atoms with Crippen molar-refractivity contribution in [1.82, 2.24) is 0 Å². The summed E-state index contributed by atoms with van der Waals surface area (Å²) in [6, 6.07) is 0. The average Bonchev–Trinajstić information content (AvgIpc) is 2.51. The highest BCUT2D eigenvalue weighted by molar-refractivity contribution is 7.33.